The van der Waals surface area contributed by atoms with Gasteiger partial charge in [-0.3, -0.25) is 14.4 Å². The maximum Gasteiger partial charge on any atom is 0.305 e. The minimum Gasteiger partial charge on any atom is -0.497 e. The molecule has 2 amide bonds. The third-order valence-corrected chi connectivity index (χ3v) is 14.1. The van der Waals surface area contributed by atoms with E-state index in [1.54, 1.807) is 7.11 Å². The highest BCUT2D eigenvalue weighted by molar-refractivity contribution is 5.88. The van der Waals surface area contributed by atoms with E-state index in [1.807, 2.05) is 12.1 Å². The Bertz CT molecular complexity index is 1250. The van der Waals surface area contributed by atoms with Crippen molar-refractivity contribution in [3.8, 4) is 5.75 Å². The maximum absolute atomic E-state index is 14.9. The topological polar surface area (TPSA) is 88.2 Å². The standard InChI is InChI=1S/C56H101N3O5/c1-6-8-10-12-22-26-30-34-51(35-31-27-23-13-11-9-7-2)59(54(60)36-32-28-24-20-18-16-14-15-17-19-21-25-29-33-37-55(61)64-5)53(48-50-43-46-58(3)47-44-50)56(62)57-45-42-49-38-40-52(63-4)41-39-49/h38-41,50-51,53H,6-37,42-48H2,1-5H3,(H,57,62). The smallest absolute Gasteiger partial charge is 0.305 e. The van der Waals surface area contributed by atoms with Gasteiger partial charge in [0.1, 0.15) is 11.8 Å². The van der Waals surface area contributed by atoms with E-state index >= 15 is 0 Å². The van der Waals surface area contributed by atoms with E-state index in [1.165, 1.54) is 154 Å². The van der Waals surface area contributed by atoms with Crippen LogP contribution >= 0.6 is 0 Å². The Hall–Kier alpha value is -2.61. The number of hydrogen-bond donors (Lipinski definition) is 1. The second kappa shape index (κ2) is 39.5. The molecule has 0 bridgehead atoms. The van der Waals surface area contributed by atoms with Gasteiger partial charge in [-0.2, -0.15) is 0 Å². The number of esters is 1. The number of piperidine rings is 1. The molecular weight excluding hydrogens is 795 g/mol. The van der Waals surface area contributed by atoms with Gasteiger partial charge in [0, 0.05) is 25.4 Å². The Balaban J connectivity index is 2.09. The lowest BCUT2D eigenvalue weighted by Gasteiger charge is -2.40. The summed E-state index contributed by atoms with van der Waals surface area (Å²) in [5, 5.41) is 3.38. The lowest BCUT2D eigenvalue weighted by molar-refractivity contribution is -0.144. The van der Waals surface area contributed by atoms with E-state index < -0.39 is 6.04 Å². The molecule has 0 aromatic heterocycles. The van der Waals surface area contributed by atoms with E-state index in [4.69, 9.17) is 9.47 Å². The van der Waals surface area contributed by atoms with Crippen LogP contribution in [0.15, 0.2) is 24.3 Å². The van der Waals surface area contributed by atoms with Crippen LogP contribution < -0.4 is 10.1 Å². The van der Waals surface area contributed by atoms with Crippen molar-refractivity contribution < 1.29 is 23.9 Å². The Kier molecular flexibility index (Phi) is 35.5. The van der Waals surface area contributed by atoms with E-state index in [0.29, 0.717) is 25.3 Å². The molecule has 0 radical (unpaired) electrons. The highest BCUT2D eigenvalue weighted by Crippen LogP contribution is 2.29. The molecule has 0 aliphatic carbocycles. The Morgan fingerprint density at radius 2 is 1.06 bits per heavy atom. The van der Waals surface area contributed by atoms with Gasteiger partial charge in [-0.05, 0) is 95.1 Å². The number of amides is 2. The summed E-state index contributed by atoms with van der Waals surface area (Å²) < 4.78 is 10.1. The summed E-state index contributed by atoms with van der Waals surface area (Å²) in [4.78, 5) is 45.4. The van der Waals surface area contributed by atoms with Crippen molar-refractivity contribution in [3.05, 3.63) is 29.8 Å². The van der Waals surface area contributed by atoms with Crippen LogP contribution in [0.5, 0.6) is 5.75 Å². The first-order chi connectivity index (χ1) is 31.3. The van der Waals surface area contributed by atoms with Gasteiger partial charge < -0.3 is 24.6 Å². The summed E-state index contributed by atoms with van der Waals surface area (Å²) in [7, 11) is 5.36. The minimum absolute atomic E-state index is 0.0561. The highest BCUT2D eigenvalue weighted by atomic mass is 16.5. The molecule has 1 aromatic carbocycles. The molecule has 1 unspecified atom stereocenters. The minimum atomic E-state index is -0.414. The molecule has 370 valence electrons. The average Bonchev–Trinajstić information content (AvgIpc) is 3.30. The lowest BCUT2D eigenvalue weighted by Crippen LogP contribution is -2.55. The van der Waals surface area contributed by atoms with Crippen molar-refractivity contribution in [2.45, 2.75) is 257 Å². The van der Waals surface area contributed by atoms with Gasteiger partial charge in [-0.25, -0.2) is 0 Å². The molecule has 1 heterocycles. The fraction of sp³-hybridized carbons (Fsp3) is 0.839. The third kappa shape index (κ3) is 28.4. The number of rotatable bonds is 42. The summed E-state index contributed by atoms with van der Waals surface area (Å²) in [5.41, 5.74) is 1.17. The molecule has 0 saturated carbocycles. The van der Waals surface area contributed by atoms with Gasteiger partial charge >= 0.3 is 5.97 Å². The number of unbranched alkanes of at least 4 members (excludes halogenated alkanes) is 25. The van der Waals surface area contributed by atoms with Crippen molar-refractivity contribution >= 4 is 17.8 Å². The van der Waals surface area contributed by atoms with Gasteiger partial charge in [0.15, 0.2) is 0 Å². The Morgan fingerprint density at radius 1 is 0.625 bits per heavy atom. The molecule has 8 heteroatoms. The molecule has 8 nitrogen and oxygen atoms in total. The molecule has 1 aromatic rings. The number of carbonyl (C=O) groups excluding carboxylic acids is 3. The maximum atomic E-state index is 14.9. The van der Waals surface area contributed by atoms with E-state index in [2.05, 4.69) is 48.1 Å². The molecule has 1 atom stereocenters. The lowest BCUT2D eigenvalue weighted by atomic mass is 9.87. The monoisotopic (exact) mass is 896 g/mol. The van der Waals surface area contributed by atoms with Crippen LogP contribution in [0.2, 0.25) is 0 Å². The first-order valence-corrected chi connectivity index (χ1v) is 27.3. The largest absolute Gasteiger partial charge is 0.497 e. The predicted octanol–water partition coefficient (Wildman–Crippen LogP) is 14.3. The van der Waals surface area contributed by atoms with Crippen LogP contribution in [-0.2, 0) is 25.5 Å². The van der Waals surface area contributed by atoms with E-state index in [0.717, 1.165) is 95.9 Å². The first-order valence-electron chi connectivity index (χ1n) is 27.3. The van der Waals surface area contributed by atoms with Gasteiger partial charge in [0.2, 0.25) is 11.8 Å². The number of hydrogen-bond acceptors (Lipinski definition) is 6. The molecule has 64 heavy (non-hydrogen) atoms. The number of carbonyl (C=O) groups is 3. The average molecular weight is 896 g/mol. The number of methoxy groups -OCH3 is 2. The molecule has 1 N–H and O–H groups in total. The fourth-order valence-corrected chi connectivity index (χ4v) is 9.83. The zero-order valence-electron chi connectivity index (χ0n) is 42.6. The highest BCUT2D eigenvalue weighted by Gasteiger charge is 2.36. The number of nitrogens with zero attached hydrogens (tertiary/aromatic N) is 2. The summed E-state index contributed by atoms with van der Waals surface area (Å²) in [6.45, 7) is 7.25. The summed E-state index contributed by atoms with van der Waals surface area (Å²) >= 11 is 0. The summed E-state index contributed by atoms with van der Waals surface area (Å²) in [6.07, 6.45) is 41.3. The van der Waals surface area contributed by atoms with Crippen molar-refractivity contribution in [1.29, 1.82) is 0 Å². The molecule has 1 aliphatic rings. The summed E-state index contributed by atoms with van der Waals surface area (Å²) in [5.74, 6) is 1.48. The molecule has 1 saturated heterocycles. The Morgan fingerprint density at radius 3 is 1.52 bits per heavy atom. The third-order valence-electron chi connectivity index (χ3n) is 14.1. The van der Waals surface area contributed by atoms with Crippen molar-refractivity contribution in [2.75, 3.05) is 40.9 Å². The molecule has 2 rings (SSSR count). The van der Waals surface area contributed by atoms with Gasteiger partial charge in [-0.15, -0.1) is 0 Å². The number of nitrogens with one attached hydrogen (secondary N) is 1. The van der Waals surface area contributed by atoms with Crippen LogP contribution in [0.25, 0.3) is 0 Å². The SMILES string of the molecule is CCCCCCCCCC(CCCCCCCCC)N(C(=O)CCCCCCCCCCCCCCCCC(=O)OC)C(CC1CCN(C)CC1)C(=O)NCCc1ccc(OC)cc1. The predicted molar refractivity (Wildman–Crippen MR) is 270 cm³/mol. The normalized spacial score (nSPS) is 13.9. The molecule has 1 aliphatic heterocycles. The fourth-order valence-electron chi connectivity index (χ4n) is 9.83. The first kappa shape index (κ1) is 57.5. The van der Waals surface area contributed by atoms with Crippen LogP contribution in [-0.4, -0.2) is 80.6 Å². The second-order valence-corrected chi connectivity index (χ2v) is 19.7. The van der Waals surface area contributed by atoms with E-state index in [9.17, 15) is 14.4 Å². The van der Waals surface area contributed by atoms with Gasteiger partial charge in [-0.1, -0.05) is 193 Å². The van der Waals surface area contributed by atoms with Crippen molar-refractivity contribution in [3.63, 3.8) is 0 Å². The van der Waals surface area contributed by atoms with Crippen LogP contribution in [0, 0.1) is 5.92 Å². The van der Waals surface area contributed by atoms with Crippen molar-refractivity contribution in [2.24, 2.45) is 5.92 Å². The number of ether oxygens (including phenoxy) is 2. The molecule has 0 spiro atoms. The van der Waals surface area contributed by atoms with E-state index in [-0.39, 0.29) is 23.8 Å². The van der Waals surface area contributed by atoms with Gasteiger partial charge in [0.05, 0.1) is 14.2 Å². The van der Waals surface area contributed by atoms with Crippen molar-refractivity contribution in [1.82, 2.24) is 15.1 Å². The zero-order chi connectivity index (χ0) is 46.3. The summed E-state index contributed by atoms with van der Waals surface area (Å²) in [6, 6.07) is 7.85. The number of benzene rings is 1. The van der Waals surface area contributed by atoms with Crippen LogP contribution in [0.1, 0.15) is 244 Å². The van der Waals surface area contributed by atoms with Crippen LogP contribution in [0.3, 0.4) is 0 Å². The zero-order valence-corrected chi connectivity index (χ0v) is 42.6. The van der Waals surface area contributed by atoms with Crippen LogP contribution in [0.4, 0.5) is 0 Å². The Labute approximate surface area is 394 Å². The quantitative estimate of drug-likeness (QED) is 0.0519. The second-order valence-electron chi connectivity index (χ2n) is 19.7. The molecular formula is C56H101N3O5. The van der Waals surface area contributed by atoms with Gasteiger partial charge in [0.25, 0.3) is 0 Å². The molecule has 1 fully saturated rings. The number of likely N-dealkylation sites (tertiary alicyclic amines) is 1.